The molecular weight excluding hydrogens is 229 g/mol. The molecule has 0 radical (unpaired) electrons. The Bertz CT molecular complexity index is 484. The fourth-order valence-corrected chi connectivity index (χ4v) is 2.41. The molecule has 0 atom stereocenters. The molecular formula is C14H20FN3. The van der Waals surface area contributed by atoms with Crippen LogP contribution >= 0.6 is 0 Å². The number of pyridine rings is 1. The first kappa shape index (κ1) is 13.0. The molecule has 3 nitrogen and oxygen atoms in total. The molecule has 0 amide bonds. The van der Waals surface area contributed by atoms with Crippen molar-refractivity contribution in [1.29, 1.82) is 0 Å². The third kappa shape index (κ3) is 2.88. The minimum absolute atomic E-state index is 0.465. The van der Waals surface area contributed by atoms with Gasteiger partial charge in [0, 0.05) is 25.9 Å². The molecule has 0 aliphatic carbocycles. The largest absolute Gasteiger partial charge is 0.316 e. The van der Waals surface area contributed by atoms with Gasteiger partial charge in [-0.25, -0.2) is 4.39 Å². The van der Waals surface area contributed by atoms with Crippen LogP contribution in [-0.4, -0.2) is 30.4 Å². The van der Waals surface area contributed by atoms with Crippen molar-refractivity contribution in [2.45, 2.75) is 24.9 Å². The second-order valence-corrected chi connectivity index (χ2v) is 4.79. The first-order valence-electron chi connectivity index (χ1n) is 6.33. The van der Waals surface area contributed by atoms with E-state index in [2.05, 4.69) is 16.9 Å². The quantitative estimate of drug-likeness (QED) is 0.869. The average Bonchev–Trinajstić information content (AvgIpc) is 2.39. The summed E-state index contributed by atoms with van der Waals surface area (Å²) in [5, 5.41) is 3.19. The van der Waals surface area contributed by atoms with Gasteiger partial charge in [-0.05, 0) is 37.6 Å². The lowest BCUT2D eigenvalue weighted by molar-refractivity contribution is 0.116. The molecule has 1 saturated heterocycles. The Morgan fingerprint density at radius 3 is 2.83 bits per heavy atom. The fourth-order valence-electron chi connectivity index (χ4n) is 2.41. The van der Waals surface area contributed by atoms with Gasteiger partial charge < -0.3 is 9.88 Å². The van der Waals surface area contributed by atoms with E-state index in [0.717, 1.165) is 24.1 Å². The Hall–Kier alpha value is -1.42. The molecule has 1 N–H and O–H groups in total. The minimum Gasteiger partial charge on any atom is -0.316 e. The van der Waals surface area contributed by atoms with Gasteiger partial charge >= 0.3 is 0 Å². The number of hydrogen-bond acceptors (Lipinski definition) is 2. The van der Waals surface area contributed by atoms with Gasteiger partial charge in [0.25, 0.3) is 0 Å². The van der Waals surface area contributed by atoms with Crippen molar-refractivity contribution in [2.24, 2.45) is 4.99 Å². The number of hydrogen-bond donors (Lipinski definition) is 1. The van der Waals surface area contributed by atoms with E-state index < -0.39 is 5.67 Å². The maximum atomic E-state index is 14.6. The lowest BCUT2D eigenvalue weighted by Gasteiger charge is -2.30. The summed E-state index contributed by atoms with van der Waals surface area (Å²) >= 11 is 0. The molecule has 1 fully saturated rings. The molecule has 4 heteroatoms. The lowest BCUT2D eigenvalue weighted by Crippen LogP contribution is -2.40. The standard InChI is InChI=1S/C14H20FN3/c1-3-18-11-12(4-5-13(18)16-2)10-14(15)6-8-17-9-7-14/h3-5,11,17H,1,6-10H2,2H3. The van der Waals surface area contributed by atoms with Crippen LogP contribution in [0.3, 0.4) is 0 Å². The summed E-state index contributed by atoms with van der Waals surface area (Å²) in [4.78, 5) is 4.13. The van der Waals surface area contributed by atoms with Gasteiger partial charge in [-0.1, -0.05) is 12.6 Å². The Balaban J connectivity index is 2.21. The number of aromatic nitrogens is 1. The van der Waals surface area contributed by atoms with E-state index in [-0.39, 0.29) is 0 Å². The van der Waals surface area contributed by atoms with Crippen LogP contribution in [0.2, 0.25) is 0 Å². The van der Waals surface area contributed by atoms with Crippen LogP contribution in [0.5, 0.6) is 0 Å². The molecule has 0 unspecified atom stereocenters. The monoisotopic (exact) mass is 249 g/mol. The topological polar surface area (TPSA) is 29.3 Å². The predicted molar refractivity (Wildman–Crippen MR) is 72.0 cm³/mol. The third-order valence-electron chi connectivity index (χ3n) is 3.46. The van der Waals surface area contributed by atoms with Gasteiger partial charge in [-0.2, -0.15) is 0 Å². The van der Waals surface area contributed by atoms with Crippen LogP contribution < -0.4 is 10.8 Å². The smallest absolute Gasteiger partial charge is 0.131 e. The second kappa shape index (κ2) is 5.48. The molecule has 1 aliphatic heterocycles. The van der Waals surface area contributed by atoms with E-state index in [9.17, 15) is 4.39 Å². The highest BCUT2D eigenvalue weighted by Gasteiger charge is 2.31. The number of alkyl halides is 1. The summed E-state index contributed by atoms with van der Waals surface area (Å²) in [5.41, 5.74) is 0.744. The Morgan fingerprint density at radius 1 is 1.50 bits per heavy atom. The maximum Gasteiger partial charge on any atom is 0.131 e. The van der Waals surface area contributed by atoms with Crippen molar-refractivity contribution in [3.8, 4) is 0 Å². The zero-order valence-corrected chi connectivity index (χ0v) is 10.8. The molecule has 1 aliphatic rings. The van der Waals surface area contributed by atoms with E-state index in [1.165, 1.54) is 0 Å². The van der Waals surface area contributed by atoms with Gasteiger partial charge in [-0.15, -0.1) is 0 Å². The van der Waals surface area contributed by atoms with Gasteiger partial charge in [0.1, 0.15) is 11.2 Å². The van der Waals surface area contributed by atoms with Crippen LogP contribution in [0.15, 0.2) is 29.9 Å². The zero-order chi connectivity index (χ0) is 13.0. The number of rotatable bonds is 3. The van der Waals surface area contributed by atoms with E-state index >= 15 is 0 Å². The Morgan fingerprint density at radius 2 is 2.22 bits per heavy atom. The highest BCUT2D eigenvalue weighted by atomic mass is 19.1. The Kier molecular flexibility index (Phi) is 3.97. The second-order valence-electron chi connectivity index (χ2n) is 4.79. The Labute approximate surface area is 107 Å². The van der Waals surface area contributed by atoms with Gasteiger partial charge in [0.2, 0.25) is 0 Å². The molecule has 0 saturated carbocycles. The first-order valence-corrected chi connectivity index (χ1v) is 6.33. The molecule has 0 spiro atoms. The number of nitrogens with zero attached hydrogens (tertiary/aromatic N) is 2. The van der Waals surface area contributed by atoms with Crippen molar-refractivity contribution in [2.75, 3.05) is 20.1 Å². The van der Waals surface area contributed by atoms with Crippen LogP contribution in [-0.2, 0) is 6.42 Å². The van der Waals surface area contributed by atoms with E-state index in [0.29, 0.717) is 19.3 Å². The molecule has 2 heterocycles. The molecule has 2 rings (SSSR count). The summed E-state index contributed by atoms with van der Waals surface area (Å²) in [6.45, 7) is 5.27. The first-order chi connectivity index (χ1) is 8.67. The summed E-state index contributed by atoms with van der Waals surface area (Å²) in [6, 6.07) is 3.85. The SMILES string of the molecule is C=Cn1cc(CC2(F)CCNCC2)ccc1=NC. The van der Waals surface area contributed by atoms with Crippen molar-refractivity contribution in [3.63, 3.8) is 0 Å². The van der Waals surface area contributed by atoms with Crippen molar-refractivity contribution in [3.05, 3.63) is 36.0 Å². The molecule has 1 aromatic rings. The summed E-state index contributed by atoms with van der Waals surface area (Å²) in [7, 11) is 1.73. The number of piperidine rings is 1. The van der Waals surface area contributed by atoms with Crippen molar-refractivity contribution < 1.29 is 4.39 Å². The fraction of sp³-hybridized carbons (Fsp3) is 0.500. The van der Waals surface area contributed by atoms with E-state index in [1.54, 1.807) is 13.2 Å². The highest BCUT2D eigenvalue weighted by molar-refractivity contribution is 5.23. The van der Waals surface area contributed by atoms with Crippen molar-refractivity contribution >= 4 is 6.20 Å². The van der Waals surface area contributed by atoms with Crippen LogP contribution in [0.1, 0.15) is 18.4 Å². The van der Waals surface area contributed by atoms with Gasteiger partial charge in [0.15, 0.2) is 0 Å². The van der Waals surface area contributed by atoms with Gasteiger partial charge in [0.05, 0.1) is 0 Å². The molecule has 0 bridgehead atoms. The molecule has 18 heavy (non-hydrogen) atoms. The maximum absolute atomic E-state index is 14.6. The number of halogens is 1. The summed E-state index contributed by atoms with van der Waals surface area (Å²) < 4.78 is 16.4. The third-order valence-corrected chi connectivity index (χ3v) is 3.46. The van der Waals surface area contributed by atoms with Crippen molar-refractivity contribution in [1.82, 2.24) is 9.88 Å². The zero-order valence-electron chi connectivity index (χ0n) is 10.8. The highest BCUT2D eigenvalue weighted by Crippen LogP contribution is 2.27. The lowest BCUT2D eigenvalue weighted by atomic mass is 9.88. The summed E-state index contributed by atoms with van der Waals surface area (Å²) in [5.74, 6) is 0. The predicted octanol–water partition coefficient (Wildman–Crippen LogP) is 1.75. The summed E-state index contributed by atoms with van der Waals surface area (Å²) in [6.07, 6.45) is 5.24. The normalized spacial score (nSPS) is 19.8. The van der Waals surface area contributed by atoms with Gasteiger partial charge in [-0.3, -0.25) is 4.99 Å². The van der Waals surface area contributed by atoms with Crippen LogP contribution in [0.4, 0.5) is 4.39 Å². The number of nitrogens with one attached hydrogen (secondary N) is 1. The van der Waals surface area contributed by atoms with E-state index in [4.69, 9.17) is 0 Å². The molecule has 0 aromatic carbocycles. The molecule has 98 valence electrons. The average molecular weight is 249 g/mol. The van der Waals surface area contributed by atoms with Crippen LogP contribution in [0, 0.1) is 0 Å². The molecule has 1 aromatic heterocycles. The van der Waals surface area contributed by atoms with Crippen LogP contribution in [0.25, 0.3) is 6.20 Å². The van der Waals surface area contributed by atoms with E-state index in [1.807, 2.05) is 22.9 Å². The minimum atomic E-state index is -1.07.